The van der Waals surface area contributed by atoms with Gasteiger partial charge in [0.15, 0.2) is 9.75 Å². The lowest BCUT2D eigenvalue weighted by Gasteiger charge is -2.51. The third kappa shape index (κ3) is 3.49. The molecule has 3 fully saturated rings. The maximum absolute atomic E-state index is 14.5. The number of ether oxygens (including phenoxy) is 1. The van der Waals surface area contributed by atoms with Gasteiger partial charge in [-0.1, -0.05) is 42.0 Å². The average molecular weight is 637 g/mol. The van der Waals surface area contributed by atoms with Crippen molar-refractivity contribution in [2.24, 2.45) is 17.8 Å². The monoisotopic (exact) mass is 636 g/mol. The van der Waals surface area contributed by atoms with Crippen LogP contribution in [0.5, 0.6) is 5.75 Å². The van der Waals surface area contributed by atoms with E-state index in [0.717, 1.165) is 24.1 Å². The van der Waals surface area contributed by atoms with E-state index >= 15 is 0 Å². The first kappa shape index (κ1) is 28.5. The highest BCUT2D eigenvalue weighted by Crippen LogP contribution is 2.66. The van der Waals surface area contributed by atoms with Gasteiger partial charge in [-0.2, -0.15) is 4.90 Å². The van der Waals surface area contributed by atoms with Crippen LogP contribution in [0.15, 0.2) is 72.3 Å². The van der Waals surface area contributed by atoms with Gasteiger partial charge < -0.3 is 9.84 Å². The van der Waals surface area contributed by atoms with Gasteiger partial charge in [-0.3, -0.25) is 19.2 Å². The number of anilines is 1. The van der Waals surface area contributed by atoms with E-state index in [4.69, 9.17) is 27.9 Å². The Balaban J connectivity index is 1.48. The van der Waals surface area contributed by atoms with Gasteiger partial charge in [-0.25, -0.2) is 14.1 Å². The van der Waals surface area contributed by atoms with Crippen molar-refractivity contribution in [3.8, 4) is 5.75 Å². The van der Waals surface area contributed by atoms with Crippen molar-refractivity contribution in [1.82, 2.24) is 4.90 Å². The minimum Gasteiger partial charge on any atom is -0.507 e. The summed E-state index contributed by atoms with van der Waals surface area (Å²) in [5.41, 5.74) is 1.05. The Hall–Kier alpha value is -4.28. The summed E-state index contributed by atoms with van der Waals surface area (Å²) in [6, 6.07) is 14.7. The summed E-state index contributed by atoms with van der Waals surface area (Å²) in [4.78, 5) is 65.3. The summed E-state index contributed by atoms with van der Waals surface area (Å²) in [6.07, 6.45) is 0.388. The summed E-state index contributed by atoms with van der Waals surface area (Å²) in [5.74, 6) is -7.78. The van der Waals surface area contributed by atoms with Crippen LogP contribution in [0.2, 0.25) is 0 Å². The Morgan fingerprint density at radius 2 is 1.61 bits per heavy atom. The zero-order valence-electron chi connectivity index (χ0n) is 23.0. The number of carbonyl (C=O) groups is 5. The fourth-order valence-electron chi connectivity index (χ4n) is 7.57. The number of phenols is 1. The molecule has 224 valence electrons. The molecule has 5 amide bonds. The van der Waals surface area contributed by atoms with Crippen LogP contribution >= 0.6 is 23.2 Å². The lowest BCUT2D eigenvalue weighted by atomic mass is 9.56. The molecule has 3 aromatic carbocycles. The Morgan fingerprint density at radius 1 is 0.932 bits per heavy atom. The average Bonchev–Trinajstić information content (AvgIpc) is 3.36. The molecule has 2 heterocycles. The Bertz CT molecular complexity index is 1860. The van der Waals surface area contributed by atoms with Crippen molar-refractivity contribution in [2.75, 3.05) is 12.0 Å². The van der Waals surface area contributed by atoms with Crippen LogP contribution in [0.1, 0.15) is 24.3 Å². The van der Waals surface area contributed by atoms with Crippen LogP contribution in [0, 0.1) is 23.6 Å². The molecule has 0 spiro atoms. The number of alkyl halides is 2. The highest BCUT2D eigenvalue weighted by molar-refractivity contribution is 6.58. The smallest absolute Gasteiger partial charge is 0.423 e. The minimum atomic E-state index is -2.14. The van der Waals surface area contributed by atoms with Gasteiger partial charge >= 0.3 is 6.09 Å². The number of carbonyl (C=O) groups excluding carboxylic acids is 5. The van der Waals surface area contributed by atoms with E-state index in [0.29, 0.717) is 26.8 Å². The van der Waals surface area contributed by atoms with Crippen molar-refractivity contribution in [3.05, 3.63) is 83.7 Å². The van der Waals surface area contributed by atoms with E-state index in [-0.39, 0.29) is 24.3 Å². The van der Waals surface area contributed by atoms with Crippen LogP contribution < -0.4 is 4.90 Å². The number of hydrogen-bond donors (Lipinski definition) is 1. The lowest BCUT2D eigenvalue weighted by molar-refractivity contribution is -0.138. The first-order valence-electron chi connectivity index (χ1n) is 13.8. The summed E-state index contributed by atoms with van der Waals surface area (Å²) in [5, 5.41) is 11.7. The van der Waals surface area contributed by atoms with E-state index < -0.39 is 69.0 Å². The maximum atomic E-state index is 14.5. The van der Waals surface area contributed by atoms with E-state index in [1.165, 1.54) is 18.2 Å². The first-order chi connectivity index (χ1) is 21.0. The van der Waals surface area contributed by atoms with Gasteiger partial charge in [-0.05, 0) is 60.0 Å². The van der Waals surface area contributed by atoms with E-state index in [1.54, 1.807) is 36.4 Å². The van der Waals surface area contributed by atoms with Crippen molar-refractivity contribution in [2.45, 2.75) is 28.5 Å². The molecule has 2 aliphatic heterocycles. The molecule has 1 saturated carbocycles. The van der Waals surface area contributed by atoms with Gasteiger partial charge in [-0.15, -0.1) is 23.2 Å². The molecule has 0 radical (unpaired) electrons. The van der Waals surface area contributed by atoms with E-state index in [2.05, 4.69) is 0 Å². The predicted octanol–water partition coefficient (Wildman–Crippen LogP) is 5.01. The van der Waals surface area contributed by atoms with Gasteiger partial charge in [0, 0.05) is 11.3 Å². The lowest BCUT2D eigenvalue weighted by Crippen LogP contribution is -2.60. The fraction of sp³-hybridized carbons (Fsp3) is 0.281. The molecule has 3 aromatic rings. The van der Waals surface area contributed by atoms with Crippen molar-refractivity contribution >= 4 is 69.4 Å². The van der Waals surface area contributed by atoms with Crippen LogP contribution in [0.25, 0.3) is 10.8 Å². The largest absolute Gasteiger partial charge is 0.507 e. The van der Waals surface area contributed by atoms with Crippen LogP contribution in [0.3, 0.4) is 0 Å². The molecule has 1 N–H and O–H groups in total. The number of methoxy groups -OCH3 is 1. The highest BCUT2D eigenvalue weighted by Gasteiger charge is 2.77. The molecule has 2 saturated heterocycles. The molecule has 9 nitrogen and oxygen atoms in total. The van der Waals surface area contributed by atoms with E-state index in [1.807, 2.05) is 0 Å². The molecule has 2 aliphatic carbocycles. The topological polar surface area (TPSA) is 121 Å². The number of phenolic OH excluding ortho intramolecular Hbond substituents is 1. The number of benzene rings is 3. The first-order valence-corrected chi connectivity index (χ1v) is 14.6. The molecule has 12 heteroatoms. The van der Waals surface area contributed by atoms with Gasteiger partial charge in [0.05, 0.1) is 24.6 Å². The van der Waals surface area contributed by atoms with E-state index in [9.17, 15) is 33.5 Å². The number of likely N-dealkylation sites (tertiary alicyclic amines) is 1. The van der Waals surface area contributed by atoms with Crippen molar-refractivity contribution in [3.63, 3.8) is 0 Å². The molecule has 4 aliphatic rings. The quantitative estimate of drug-likeness (QED) is 0.238. The number of halogens is 3. The third-order valence-corrected chi connectivity index (χ3v) is 10.9. The second-order valence-corrected chi connectivity index (χ2v) is 12.7. The second-order valence-electron chi connectivity index (χ2n) is 11.5. The molecule has 0 bridgehead atoms. The number of nitrogens with zero attached hydrogens (tertiary/aromatic N) is 2. The molecular formula is C32H23Cl2FN2O7. The van der Waals surface area contributed by atoms with Crippen molar-refractivity contribution < 1.29 is 38.2 Å². The zero-order chi connectivity index (χ0) is 31.3. The standard InChI is InChI=1S/C32H23Cl2FN2O7/c1-44-30(43)37-26(39)21-11-10-20-22(24(21)27(37)40)14-31(33)28(41)36(16-8-6-15(35)7-9-16)29(42)32(31,34)25(20)19-12-13-23(38)18-5-3-2-4-17(18)19/h2-10,12-13,21-22,24-25,38H,11,14H2,1H3/t21-,22+,24-,25-,31+,32-/m0/s1. The second kappa shape index (κ2) is 9.61. The summed E-state index contributed by atoms with van der Waals surface area (Å²) >= 11 is 14.7. The van der Waals surface area contributed by atoms with Crippen LogP contribution in [-0.4, -0.2) is 56.6 Å². The third-order valence-electron chi connectivity index (χ3n) is 9.50. The summed E-state index contributed by atoms with van der Waals surface area (Å²) in [7, 11) is 1.06. The number of allylic oxidation sites excluding steroid dienone is 2. The van der Waals surface area contributed by atoms with Crippen LogP contribution in [0.4, 0.5) is 14.9 Å². The predicted molar refractivity (Wildman–Crippen MR) is 156 cm³/mol. The number of amides is 5. The molecule has 7 rings (SSSR count). The SMILES string of the molecule is COC(=O)N1C(=O)[C@H]2[C@H](CC=C3[C@H]2C[C@@]2(Cl)C(=O)N(c4ccc(F)cc4)C(=O)[C@@]2(Cl)[C@H]3c2ccc(O)c3ccccc23)C1=O. The number of imide groups is 4. The fourth-order valence-corrected chi connectivity index (χ4v) is 8.50. The Labute approximate surface area is 259 Å². The van der Waals surface area contributed by atoms with Gasteiger partial charge in [0.2, 0.25) is 11.8 Å². The molecule has 44 heavy (non-hydrogen) atoms. The number of aromatic hydroxyl groups is 1. The Morgan fingerprint density at radius 3 is 2.30 bits per heavy atom. The molecule has 6 atom stereocenters. The van der Waals surface area contributed by atoms with Gasteiger partial charge in [0.1, 0.15) is 11.6 Å². The number of fused-ring (bicyclic) bond motifs is 5. The Kier molecular flexibility index (Phi) is 6.22. The molecule has 0 aromatic heterocycles. The summed E-state index contributed by atoms with van der Waals surface area (Å²) < 4.78 is 18.5. The molecular weight excluding hydrogens is 614 g/mol. The highest BCUT2D eigenvalue weighted by atomic mass is 35.5. The minimum absolute atomic E-state index is 0.0257. The molecule has 0 unspecified atom stereocenters. The maximum Gasteiger partial charge on any atom is 0.423 e. The number of hydrogen-bond acceptors (Lipinski definition) is 7. The zero-order valence-corrected chi connectivity index (χ0v) is 24.5. The van der Waals surface area contributed by atoms with Crippen LogP contribution in [-0.2, 0) is 23.9 Å². The normalized spacial score (nSPS) is 31.1. The summed E-state index contributed by atoms with van der Waals surface area (Å²) in [6.45, 7) is 0. The number of rotatable bonds is 2. The van der Waals surface area contributed by atoms with Gasteiger partial charge in [0.25, 0.3) is 11.8 Å². The van der Waals surface area contributed by atoms with Crippen molar-refractivity contribution in [1.29, 1.82) is 0 Å².